The number of hydrogen-bond donors (Lipinski definition) is 2. The molecule has 0 aliphatic carbocycles. The van der Waals surface area contributed by atoms with Gasteiger partial charge in [0.1, 0.15) is 0 Å². The Morgan fingerprint density at radius 3 is 2.47 bits per heavy atom. The summed E-state index contributed by atoms with van der Waals surface area (Å²) in [6.07, 6.45) is 0. The molecule has 0 spiro atoms. The van der Waals surface area contributed by atoms with Crippen LogP contribution in [0.2, 0.25) is 0 Å². The van der Waals surface area contributed by atoms with Crippen LogP contribution in [0.1, 0.15) is 30.8 Å². The van der Waals surface area contributed by atoms with E-state index < -0.39 is 0 Å². The van der Waals surface area contributed by atoms with E-state index in [-0.39, 0.29) is 12.1 Å². The number of carbonyl (C=O) groups is 1. The topological polar surface area (TPSA) is 59.0 Å². The molecule has 1 aromatic heterocycles. The van der Waals surface area contributed by atoms with Crippen LogP contribution in [-0.2, 0) is 6.54 Å². The van der Waals surface area contributed by atoms with Crippen molar-refractivity contribution < 1.29 is 4.79 Å². The molecule has 0 fully saturated rings. The third kappa shape index (κ3) is 3.76. The summed E-state index contributed by atoms with van der Waals surface area (Å²) < 4.78 is 1.93. The van der Waals surface area contributed by atoms with Crippen molar-refractivity contribution in [1.82, 2.24) is 20.4 Å². The molecule has 2 amide bonds. The number of aryl methyl sites for hydroxylation is 1. The van der Waals surface area contributed by atoms with Crippen molar-refractivity contribution in [2.45, 2.75) is 47.2 Å². The summed E-state index contributed by atoms with van der Waals surface area (Å²) in [5.74, 6) is 0. The van der Waals surface area contributed by atoms with E-state index in [1.165, 1.54) is 5.56 Å². The van der Waals surface area contributed by atoms with Crippen molar-refractivity contribution in [2.75, 3.05) is 6.54 Å². The van der Waals surface area contributed by atoms with Crippen LogP contribution < -0.4 is 10.6 Å². The predicted molar refractivity (Wildman–Crippen MR) is 68.1 cm³/mol. The molecule has 17 heavy (non-hydrogen) atoms. The highest BCUT2D eigenvalue weighted by atomic mass is 16.2. The predicted octanol–water partition coefficient (Wildman–Crippen LogP) is 1.52. The van der Waals surface area contributed by atoms with Crippen LogP contribution in [0.3, 0.4) is 0 Å². The summed E-state index contributed by atoms with van der Waals surface area (Å²) >= 11 is 0. The van der Waals surface area contributed by atoms with Crippen LogP contribution in [0.4, 0.5) is 4.79 Å². The summed E-state index contributed by atoms with van der Waals surface area (Å²) in [6.45, 7) is 11.3. The Balaban J connectivity index is 2.41. The number of amides is 2. The van der Waals surface area contributed by atoms with Crippen LogP contribution in [0.15, 0.2) is 0 Å². The molecule has 5 nitrogen and oxygen atoms in total. The largest absolute Gasteiger partial charge is 0.336 e. The van der Waals surface area contributed by atoms with Gasteiger partial charge in [0.25, 0.3) is 0 Å². The molecule has 1 rings (SSSR count). The van der Waals surface area contributed by atoms with E-state index in [0.29, 0.717) is 13.1 Å². The lowest BCUT2D eigenvalue weighted by Gasteiger charge is -2.10. The third-order valence-electron chi connectivity index (χ3n) is 2.77. The van der Waals surface area contributed by atoms with Gasteiger partial charge in [-0.1, -0.05) is 0 Å². The average Bonchev–Trinajstić information content (AvgIpc) is 2.45. The molecule has 0 saturated carbocycles. The van der Waals surface area contributed by atoms with Crippen molar-refractivity contribution in [3.63, 3.8) is 0 Å². The van der Waals surface area contributed by atoms with Crippen molar-refractivity contribution in [3.05, 3.63) is 17.0 Å². The van der Waals surface area contributed by atoms with Gasteiger partial charge in [-0.25, -0.2) is 4.79 Å². The molecule has 0 radical (unpaired) electrons. The third-order valence-corrected chi connectivity index (χ3v) is 2.77. The highest BCUT2D eigenvalue weighted by molar-refractivity contribution is 5.73. The van der Waals surface area contributed by atoms with Crippen molar-refractivity contribution in [2.24, 2.45) is 0 Å². The van der Waals surface area contributed by atoms with Gasteiger partial charge in [-0.05, 0) is 40.2 Å². The van der Waals surface area contributed by atoms with E-state index in [1.54, 1.807) is 0 Å². The normalized spacial score (nSPS) is 10.7. The van der Waals surface area contributed by atoms with E-state index in [0.717, 1.165) is 11.4 Å². The monoisotopic (exact) mass is 238 g/mol. The van der Waals surface area contributed by atoms with Crippen LogP contribution in [0.25, 0.3) is 0 Å². The molecule has 0 aliphatic rings. The molecule has 96 valence electrons. The fourth-order valence-electron chi connectivity index (χ4n) is 1.59. The van der Waals surface area contributed by atoms with E-state index in [2.05, 4.69) is 22.7 Å². The minimum atomic E-state index is -0.127. The standard InChI is InChI=1S/C12H22N4O/c1-8(2)14-12(17)13-6-7-16-11(5)9(3)10(4)15-16/h8H,6-7H2,1-5H3,(H2,13,14,17). The second-order valence-corrected chi connectivity index (χ2v) is 4.57. The summed E-state index contributed by atoms with van der Waals surface area (Å²) in [7, 11) is 0. The van der Waals surface area contributed by atoms with Gasteiger partial charge < -0.3 is 10.6 Å². The summed E-state index contributed by atoms with van der Waals surface area (Å²) in [5.41, 5.74) is 3.43. The van der Waals surface area contributed by atoms with Gasteiger partial charge in [0.05, 0.1) is 12.2 Å². The van der Waals surface area contributed by atoms with Crippen LogP contribution in [0.5, 0.6) is 0 Å². The van der Waals surface area contributed by atoms with Crippen LogP contribution in [-0.4, -0.2) is 28.4 Å². The molecule has 2 N–H and O–H groups in total. The molecule has 1 aromatic rings. The Hall–Kier alpha value is -1.52. The average molecular weight is 238 g/mol. The Bertz CT molecular complexity index is 395. The second-order valence-electron chi connectivity index (χ2n) is 4.57. The van der Waals surface area contributed by atoms with Gasteiger partial charge in [0.2, 0.25) is 0 Å². The second kappa shape index (κ2) is 5.70. The molecule has 1 heterocycles. The number of urea groups is 1. The SMILES string of the molecule is Cc1nn(CCNC(=O)NC(C)C)c(C)c1C. The molecular weight excluding hydrogens is 216 g/mol. The van der Waals surface area contributed by atoms with Gasteiger partial charge in [-0.2, -0.15) is 5.10 Å². The quantitative estimate of drug-likeness (QED) is 0.835. The van der Waals surface area contributed by atoms with Gasteiger partial charge in [0.15, 0.2) is 0 Å². The number of nitrogens with one attached hydrogen (secondary N) is 2. The fraction of sp³-hybridized carbons (Fsp3) is 0.667. The number of rotatable bonds is 4. The number of aromatic nitrogens is 2. The van der Waals surface area contributed by atoms with Crippen LogP contribution >= 0.6 is 0 Å². The summed E-state index contributed by atoms with van der Waals surface area (Å²) in [6, 6.07) is 0.0316. The highest BCUT2D eigenvalue weighted by Gasteiger charge is 2.07. The maximum absolute atomic E-state index is 11.3. The molecule has 0 saturated heterocycles. The van der Waals surface area contributed by atoms with E-state index in [4.69, 9.17) is 0 Å². The van der Waals surface area contributed by atoms with Crippen molar-refractivity contribution >= 4 is 6.03 Å². The summed E-state index contributed by atoms with van der Waals surface area (Å²) in [4.78, 5) is 11.3. The molecular formula is C12H22N4O. The van der Waals surface area contributed by atoms with E-state index >= 15 is 0 Å². The lowest BCUT2D eigenvalue weighted by atomic mass is 10.2. The smallest absolute Gasteiger partial charge is 0.315 e. The Morgan fingerprint density at radius 1 is 1.35 bits per heavy atom. The molecule has 0 aromatic carbocycles. The lowest BCUT2D eigenvalue weighted by Crippen LogP contribution is -2.40. The Morgan fingerprint density at radius 2 is 2.00 bits per heavy atom. The lowest BCUT2D eigenvalue weighted by molar-refractivity contribution is 0.238. The molecule has 5 heteroatoms. The zero-order chi connectivity index (χ0) is 13.0. The maximum atomic E-state index is 11.3. The van der Waals surface area contributed by atoms with Crippen LogP contribution in [0, 0.1) is 20.8 Å². The summed E-state index contributed by atoms with van der Waals surface area (Å²) in [5, 5.41) is 10.0. The molecule has 0 atom stereocenters. The number of nitrogens with zero attached hydrogens (tertiary/aromatic N) is 2. The van der Waals surface area contributed by atoms with Crippen molar-refractivity contribution in [1.29, 1.82) is 0 Å². The van der Waals surface area contributed by atoms with E-state index in [1.807, 2.05) is 32.4 Å². The van der Waals surface area contributed by atoms with Gasteiger partial charge in [-0.15, -0.1) is 0 Å². The van der Waals surface area contributed by atoms with Gasteiger partial charge in [-0.3, -0.25) is 4.68 Å². The maximum Gasteiger partial charge on any atom is 0.315 e. The minimum absolute atomic E-state index is 0.127. The Kier molecular flexibility index (Phi) is 4.54. The first-order valence-corrected chi connectivity index (χ1v) is 5.96. The number of hydrogen-bond acceptors (Lipinski definition) is 2. The number of carbonyl (C=O) groups excluding carboxylic acids is 1. The molecule has 0 bridgehead atoms. The molecule has 0 unspecified atom stereocenters. The minimum Gasteiger partial charge on any atom is -0.336 e. The first kappa shape index (κ1) is 13.5. The highest BCUT2D eigenvalue weighted by Crippen LogP contribution is 2.10. The zero-order valence-corrected chi connectivity index (χ0v) is 11.3. The van der Waals surface area contributed by atoms with E-state index in [9.17, 15) is 4.79 Å². The first-order valence-electron chi connectivity index (χ1n) is 5.96. The first-order chi connectivity index (χ1) is 7.91. The zero-order valence-electron chi connectivity index (χ0n) is 11.3. The molecule has 0 aliphatic heterocycles. The Labute approximate surface area is 103 Å². The fourth-order valence-corrected chi connectivity index (χ4v) is 1.59. The van der Waals surface area contributed by atoms with Crippen molar-refractivity contribution in [3.8, 4) is 0 Å². The van der Waals surface area contributed by atoms with Gasteiger partial charge in [0, 0.05) is 18.3 Å². The van der Waals surface area contributed by atoms with Gasteiger partial charge >= 0.3 is 6.03 Å².